The van der Waals surface area contributed by atoms with Crippen molar-refractivity contribution in [3.63, 3.8) is 0 Å². The largest absolute Gasteiger partial charge is 0.299 e. The molecule has 198 valence electrons. The van der Waals surface area contributed by atoms with Crippen LogP contribution in [-0.2, 0) is 23.4 Å². The molecule has 1 spiro atoms. The van der Waals surface area contributed by atoms with E-state index in [-0.39, 0.29) is 17.6 Å². The highest BCUT2D eigenvalue weighted by molar-refractivity contribution is 8.13. The van der Waals surface area contributed by atoms with E-state index in [1.165, 1.54) is 41.5 Å². The molecule has 2 aliphatic heterocycles. The second-order valence-electron chi connectivity index (χ2n) is 11.2. The summed E-state index contributed by atoms with van der Waals surface area (Å²) in [5.41, 5.74) is 10.5. The van der Waals surface area contributed by atoms with E-state index in [2.05, 4.69) is 94.1 Å². The molecule has 6 heteroatoms. The first-order chi connectivity index (χ1) is 19.2. The van der Waals surface area contributed by atoms with Crippen LogP contribution in [0.15, 0.2) is 95.6 Å². The molecule has 1 saturated carbocycles. The minimum absolute atomic E-state index is 0.104. The first-order valence-electron chi connectivity index (χ1n) is 14.2. The van der Waals surface area contributed by atoms with Crippen LogP contribution in [0.1, 0.15) is 54.4 Å². The van der Waals surface area contributed by atoms with Crippen molar-refractivity contribution in [1.82, 2.24) is 15.2 Å². The van der Waals surface area contributed by atoms with Gasteiger partial charge in [0.05, 0.1) is 5.70 Å². The second-order valence-corrected chi connectivity index (χ2v) is 12.1. The summed E-state index contributed by atoms with van der Waals surface area (Å²) in [6, 6.07) is 29.8. The van der Waals surface area contributed by atoms with Crippen molar-refractivity contribution in [2.75, 3.05) is 6.54 Å². The predicted molar refractivity (Wildman–Crippen MR) is 158 cm³/mol. The molecule has 2 aliphatic carbocycles. The van der Waals surface area contributed by atoms with Crippen LogP contribution < -0.4 is 5.43 Å². The molecular weight excluding hydrogens is 500 g/mol. The van der Waals surface area contributed by atoms with Crippen LogP contribution in [-0.4, -0.2) is 33.7 Å². The van der Waals surface area contributed by atoms with E-state index in [9.17, 15) is 4.79 Å². The van der Waals surface area contributed by atoms with Gasteiger partial charge in [0.1, 0.15) is 0 Å². The van der Waals surface area contributed by atoms with Crippen molar-refractivity contribution in [2.45, 2.75) is 57.0 Å². The number of rotatable bonds is 5. The first kappa shape index (κ1) is 24.5. The molecule has 5 nitrogen and oxygen atoms in total. The topological polar surface area (TPSA) is 47.9 Å². The minimum atomic E-state index is -0.315. The summed E-state index contributed by atoms with van der Waals surface area (Å²) in [7, 11) is 0. The van der Waals surface area contributed by atoms with Gasteiger partial charge in [-0.25, -0.2) is 0 Å². The normalized spacial score (nSPS) is 21.3. The summed E-state index contributed by atoms with van der Waals surface area (Å²) in [4.78, 5) is 19.0. The number of fused-ring (bicyclic) bond motifs is 5. The van der Waals surface area contributed by atoms with Gasteiger partial charge >= 0.3 is 0 Å². The number of hydrazone groups is 1. The Morgan fingerprint density at radius 1 is 0.872 bits per heavy atom. The van der Waals surface area contributed by atoms with Crippen molar-refractivity contribution in [2.24, 2.45) is 10.5 Å². The van der Waals surface area contributed by atoms with Gasteiger partial charge in [-0.05, 0) is 42.4 Å². The van der Waals surface area contributed by atoms with Gasteiger partial charge in [0.2, 0.25) is 6.29 Å². The lowest BCUT2D eigenvalue weighted by Gasteiger charge is -2.51. The lowest BCUT2D eigenvalue weighted by molar-refractivity contribution is -0.135. The lowest BCUT2D eigenvalue weighted by Crippen LogP contribution is -2.61. The van der Waals surface area contributed by atoms with Crippen molar-refractivity contribution in [1.29, 1.82) is 0 Å². The van der Waals surface area contributed by atoms with Crippen LogP contribution in [0.5, 0.6) is 0 Å². The maximum Gasteiger partial charge on any atom is 0.255 e. The maximum absolute atomic E-state index is 14.6. The van der Waals surface area contributed by atoms with Crippen LogP contribution in [0.4, 0.5) is 0 Å². The molecule has 3 aromatic carbocycles. The van der Waals surface area contributed by atoms with E-state index in [1.807, 2.05) is 6.07 Å². The number of amides is 1. The Kier molecular flexibility index (Phi) is 6.43. The maximum atomic E-state index is 14.6. The molecule has 1 amide bonds. The molecule has 4 aliphatic rings. The highest BCUT2D eigenvalue weighted by Gasteiger charge is 2.53. The average Bonchev–Trinajstić information content (AvgIpc) is 3.41. The molecule has 0 radical (unpaired) electrons. The molecule has 0 aromatic heterocycles. The quantitative estimate of drug-likeness (QED) is 0.413. The molecule has 1 N–H and O–H groups in total. The monoisotopic (exact) mass is 534 g/mol. The van der Waals surface area contributed by atoms with E-state index in [0.717, 1.165) is 47.9 Å². The zero-order chi connectivity index (χ0) is 26.2. The van der Waals surface area contributed by atoms with Gasteiger partial charge in [-0.1, -0.05) is 116 Å². The molecule has 0 saturated heterocycles. The van der Waals surface area contributed by atoms with Gasteiger partial charge in [0, 0.05) is 28.8 Å². The molecule has 39 heavy (non-hydrogen) atoms. The summed E-state index contributed by atoms with van der Waals surface area (Å²) in [5, 5.41) is 5.80. The van der Waals surface area contributed by atoms with E-state index < -0.39 is 0 Å². The number of benzene rings is 3. The number of carbonyl (C=O) groups is 1. The summed E-state index contributed by atoms with van der Waals surface area (Å²) >= 11 is 1.75. The zero-order valence-electron chi connectivity index (χ0n) is 22.2. The number of nitrogens with one attached hydrogen (secondary N) is 1. The molecule has 3 aromatic rings. The number of amidine groups is 1. The summed E-state index contributed by atoms with van der Waals surface area (Å²) in [6.07, 6.45) is 7.23. The summed E-state index contributed by atoms with van der Waals surface area (Å²) in [6.45, 7) is 0.650. The standard InChI is InChI=1S/C33H34N4OS/c38-30-28-29(27-17-9-8-16-26(27)22-33(28)19-10-3-11-20-33)37-31(36(30)21-18-24-12-4-1-5-13-24)34-35-32(37)39-23-25-14-6-2-7-15-25/h1-2,4-9,12-17,31,34H,3,10-11,18-23H2. The Labute approximate surface area is 235 Å². The molecule has 0 bridgehead atoms. The third-order valence-corrected chi connectivity index (χ3v) is 9.84. The average molecular weight is 535 g/mol. The first-order valence-corrected chi connectivity index (χ1v) is 15.2. The number of nitrogens with zero attached hydrogens (tertiary/aromatic N) is 3. The Morgan fingerprint density at radius 3 is 2.33 bits per heavy atom. The Bertz CT molecular complexity index is 1430. The third-order valence-electron chi connectivity index (χ3n) is 8.81. The molecule has 1 fully saturated rings. The molecular formula is C33H34N4OS. The van der Waals surface area contributed by atoms with Crippen molar-refractivity contribution >= 4 is 28.5 Å². The van der Waals surface area contributed by atoms with Crippen LogP contribution >= 0.6 is 11.8 Å². The van der Waals surface area contributed by atoms with E-state index in [4.69, 9.17) is 5.10 Å². The van der Waals surface area contributed by atoms with Crippen molar-refractivity contribution in [3.8, 4) is 0 Å². The van der Waals surface area contributed by atoms with E-state index in [0.29, 0.717) is 6.54 Å². The fraction of sp³-hybridized carbons (Fsp3) is 0.333. The smallest absolute Gasteiger partial charge is 0.255 e. The second kappa shape index (κ2) is 10.2. The number of hydrogen-bond donors (Lipinski definition) is 1. The lowest BCUT2D eigenvalue weighted by atomic mass is 9.61. The molecule has 1 unspecified atom stereocenters. The highest BCUT2D eigenvalue weighted by atomic mass is 32.2. The van der Waals surface area contributed by atoms with E-state index >= 15 is 0 Å². The molecule has 1 atom stereocenters. The third kappa shape index (κ3) is 4.35. The van der Waals surface area contributed by atoms with Gasteiger partial charge in [-0.3, -0.25) is 20.0 Å². The fourth-order valence-corrected chi connectivity index (χ4v) is 7.87. The van der Waals surface area contributed by atoms with Crippen LogP contribution in [0, 0.1) is 5.41 Å². The number of thioether (sulfide) groups is 1. The Balaban J connectivity index is 1.32. The highest BCUT2D eigenvalue weighted by Crippen LogP contribution is 2.55. The van der Waals surface area contributed by atoms with Crippen molar-refractivity contribution < 1.29 is 4.79 Å². The summed E-state index contributed by atoms with van der Waals surface area (Å²) in [5.74, 6) is 1.02. The van der Waals surface area contributed by atoms with Crippen LogP contribution in [0.2, 0.25) is 0 Å². The zero-order valence-corrected chi connectivity index (χ0v) is 23.0. The minimum Gasteiger partial charge on any atom is -0.299 e. The van der Waals surface area contributed by atoms with Gasteiger partial charge in [0.25, 0.3) is 5.91 Å². The van der Waals surface area contributed by atoms with Crippen molar-refractivity contribution in [3.05, 3.63) is 113 Å². The van der Waals surface area contributed by atoms with Gasteiger partial charge in [-0.15, -0.1) is 0 Å². The Hall–Kier alpha value is -3.51. The predicted octanol–water partition coefficient (Wildman–Crippen LogP) is 6.38. The Morgan fingerprint density at radius 2 is 1.56 bits per heavy atom. The van der Waals surface area contributed by atoms with Gasteiger partial charge in [0.15, 0.2) is 5.17 Å². The van der Waals surface area contributed by atoms with E-state index in [1.54, 1.807) is 11.8 Å². The molecule has 7 rings (SSSR count). The van der Waals surface area contributed by atoms with Gasteiger partial charge in [-0.2, -0.15) is 5.10 Å². The van der Waals surface area contributed by atoms with Gasteiger partial charge < -0.3 is 0 Å². The fourth-order valence-electron chi connectivity index (χ4n) is 6.93. The SMILES string of the molecule is O=C1C2=C(c3ccccc3CC23CCCCC3)N2C(SCc3ccccc3)=NNC2N1CCc1ccccc1. The summed E-state index contributed by atoms with van der Waals surface area (Å²) < 4.78 is 0. The molecule has 2 heterocycles. The number of carbonyl (C=O) groups excluding carboxylic acids is 1. The number of hydrogen-bond acceptors (Lipinski definition) is 5. The van der Waals surface area contributed by atoms with Crippen LogP contribution in [0.25, 0.3) is 5.70 Å². The van der Waals surface area contributed by atoms with Crippen LogP contribution in [0.3, 0.4) is 0 Å².